The van der Waals surface area contributed by atoms with Crippen molar-refractivity contribution in [1.82, 2.24) is 5.32 Å². The van der Waals surface area contributed by atoms with Gasteiger partial charge in [0.15, 0.2) is 0 Å². The van der Waals surface area contributed by atoms with E-state index in [0.717, 1.165) is 27.8 Å². The Balaban J connectivity index is 1.42. The highest BCUT2D eigenvalue weighted by molar-refractivity contribution is 6.07. The van der Waals surface area contributed by atoms with Crippen molar-refractivity contribution in [3.8, 4) is 11.1 Å². The van der Waals surface area contributed by atoms with Gasteiger partial charge in [0.25, 0.3) is 11.8 Å². The molecule has 1 heterocycles. The number of fused-ring (bicyclic) bond motifs is 1. The first kappa shape index (κ1) is 24.0. The lowest BCUT2D eigenvalue weighted by Gasteiger charge is -2.08. The van der Waals surface area contributed by atoms with E-state index in [4.69, 9.17) is 10.2 Å². The molecule has 0 unspecified atom stereocenters. The second kappa shape index (κ2) is 10.1. The van der Waals surface area contributed by atoms with Crippen molar-refractivity contribution in [2.24, 2.45) is 5.73 Å². The minimum atomic E-state index is -0.600. The number of hydrogen-bond acceptors (Lipinski definition) is 3. The Kier molecular flexibility index (Phi) is 6.56. The van der Waals surface area contributed by atoms with Crippen molar-refractivity contribution in [3.05, 3.63) is 130 Å². The van der Waals surface area contributed by atoms with E-state index in [0.29, 0.717) is 40.8 Å². The maximum Gasteiger partial charge on any atom is 0.252 e. The van der Waals surface area contributed by atoms with Crippen molar-refractivity contribution in [2.75, 3.05) is 0 Å². The van der Waals surface area contributed by atoms with Crippen LogP contribution in [-0.2, 0) is 13.0 Å². The normalized spacial score (nSPS) is 11.0. The molecule has 2 amide bonds. The van der Waals surface area contributed by atoms with Crippen molar-refractivity contribution in [1.29, 1.82) is 0 Å². The Morgan fingerprint density at radius 1 is 0.865 bits per heavy atom. The lowest BCUT2D eigenvalue weighted by atomic mass is 9.99. The fraction of sp³-hybridized carbons (Fsp3) is 0.0968. The van der Waals surface area contributed by atoms with E-state index in [1.54, 1.807) is 24.3 Å². The molecule has 0 aliphatic heterocycles. The van der Waals surface area contributed by atoms with Gasteiger partial charge in [0, 0.05) is 23.9 Å². The number of carbonyl (C=O) groups excluding carboxylic acids is 2. The third-order valence-electron chi connectivity index (χ3n) is 6.28. The molecule has 0 aliphatic carbocycles. The summed E-state index contributed by atoms with van der Waals surface area (Å²) >= 11 is 0. The van der Waals surface area contributed by atoms with E-state index in [9.17, 15) is 14.0 Å². The Morgan fingerprint density at radius 2 is 1.62 bits per heavy atom. The van der Waals surface area contributed by atoms with Crippen LogP contribution in [0.4, 0.5) is 4.39 Å². The molecule has 37 heavy (non-hydrogen) atoms. The number of nitrogens with one attached hydrogen (secondary N) is 1. The maximum atomic E-state index is 13.3. The second-order valence-corrected chi connectivity index (χ2v) is 9.03. The number of nitrogens with two attached hydrogens (primary N) is 1. The van der Waals surface area contributed by atoms with Gasteiger partial charge in [-0.25, -0.2) is 4.39 Å². The van der Waals surface area contributed by atoms with Gasteiger partial charge < -0.3 is 15.5 Å². The zero-order valence-corrected chi connectivity index (χ0v) is 20.3. The number of carbonyl (C=O) groups is 2. The van der Waals surface area contributed by atoms with Crippen LogP contribution < -0.4 is 11.1 Å². The average molecular weight is 493 g/mol. The molecule has 5 aromatic rings. The van der Waals surface area contributed by atoms with Gasteiger partial charge in [-0.05, 0) is 65.6 Å². The van der Waals surface area contributed by atoms with E-state index in [1.165, 1.54) is 12.1 Å². The van der Waals surface area contributed by atoms with Crippen LogP contribution in [0.3, 0.4) is 0 Å². The SMILES string of the molecule is Cc1cccc(CNC(=O)c2cccc(-c3ccc4oc(Cc5ccc(F)cc5)c(C(N)=O)c4c3)c2)c1. The molecule has 0 aliphatic rings. The van der Waals surface area contributed by atoms with Gasteiger partial charge in [0.2, 0.25) is 0 Å². The number of aryl methyl sites for hydroxylation is 1. The zero-order chi connectivity index (χ0) is 25.9. The molecular weight excluding hydrogens is 467 g/mol. The molecule has 0 saturated heterocycles. The number of rotatable bonds is 7. The van der Waals surface area contributed by atoms with Gasteiger partial charge in [-0.2, -0.15) is 0 Å². The minimum absolute atomic E-state index is 0.174. The number of amides is 2. The van der Waals surface area contributed by atoms with Crippen LogP contribution in [0, 0.1) is 12.7 Å². The van der Waals surface area contributed by atoms with Gasteiger partial charge in [0.1, 0.15) is 17.2 Å². The van der Waals surface area contributed by atoms with Gasteiger partial charge in [0.05, 0.1) is 5.56 Å². The molecule has 3 N–H and O–H groups in total. The Morgan fingerprint density at radius 3 is 2.38 bits per heavy atom. The average Bonchev–Trinajstić information content (AvgIpc) is 3.26. The number of furan rings is 1. The van der Waals surface area contributed by atoms with E-state index >= 15 is 0 Å². The predicted molar refractivity (Wildman–Crippen MR) is 142 cm³/mol. The summed E-state index contributed by atoms with van der Waals surface area (Å²) in [5.41, 5.74) is 11.7. The van der Waals surface area contributed by atoms with E-state index in [2.05, 4.69) is 5.32 Å². The topological polar surface area (TPSA) is 85.3 Å². The summed E-state index contributed by atoms with van der Waals surface area (Å²) in [6, 6.07) is 26.8. The highest BCUT2D eigenvalue weighted by atomic mass is 19.1. The Bertz CT molecular complexity index is 1620. The molecule has 184 valence electrons. The molecule has 0 saturated carbocycles. The standard InChI is InChI=1S/C31H25FN2O3/c1-19-4-2-5-21(14-19)18-34-31(36)24-7-3-6-22(16-24)23-10-13-27-26(17-23)29(30(33)35)28(37-27)15-20-8-11-25(32)12-9-20/h2-14,16-17H,15,18H2,1H3,(H2,33,35)(H,34,36). The third kappa shape index (κ3) is 5.28. The van der Waals surface area contributed by atoms with Crippen LogP contribution >= 0.6 is 0 Å². The summed E-state index contributed by atoms with van der Waals surface area (Å²) < 4.78 is 19.3. The van der Waals surface area contributed by atoms with E-state index < -0.39 is 5.91 Å². The number of hydrogen-bond donors (Lipinski definition) is 2. The Hall–Kier alpha value is -4.71. The van der Waals surface area contributed by atoms with Crippen molar-refractivity contribution < 1.29 is 18.4 Å². The smallest absolute Gasteiger partial charge is 0.252 e. The lowest BCUT2D eigenvalue weighted by molar-refractivity contribution is 0.0949. The quantitative estimate of drug-likeness (QED) is 0.285. The predicted octanol–water partition coefficient (Wildman–Crippen LogP) is 6.17. The molecular formula is C31H25FN2O3. The maximum absolute atomic E-state index is 13.3. The molecule has 0 spiro atoms. The molecule has 0 radical (unpaired) electrons. The summed E-state index contributed by atoms with van der Waals surface area (Å²) in [5, 5.41) is 3.56. The van der Waals surface area contributed by atoms with Gasteiger partial charge in [-0.1, -0.05) is 60.2 Å². The fourth-order valence-corrected chi connectivity index (χ4v) is 4.46. The van der Waals surface area contributed by atoms with Crippen LogP contribution in [0.25, 0.3) is 22.1 Å². The summed E-state index contributed by atoms with van der Waals surface area (Å²) in [5.74, 6) is -0.681. The summed E-state index contributed by atoms with van der Waals surface area (Å²) in [4.78, 5) is 25.2. The van der Waals surface area contributed by atoms with Crippen molar-refractivity contribution >= 4 is 22.8 Å². The number of primary amides is 1. The van der Waals surface area contributed by atoms with Gasteiger partial charge in [-0.15, -0.1) is 0 Å². The fourth-order valence-electron chi connectivity index (χ4n) is 4.46. The first-order valence-electron chi connectivity index (χ1n) is 11.9. The number of benzene rings is 4. The lowest BCUT2D eigenvalue weighted by Crippen LogP contribution is -2.22. The zero-order valence-electron chi connectivity index (χ0n) is 20.3. The molecule has 5 rings (SSSR count). The van der Waals surface area contributed by atoms with E-state index in [-0.39, 0.29) is 11.7 Å². The van der Waals surface area contributed by atoms with Crippen LogP contribution in [0.5, 0.6) is 0 Å². The third-order valence-corrected chi connectivity index (χ3v) is 6.28. The Labute approximate surface area is 213 Å². The largest absolute Gasteiger partial charge is 0.460 e. The van der Waals surface area contributed by atoms with Crippen LogP contribution in [-0.4, -0.2) is 11.8 Å². The molecule has 4 aromatic carbocycles. The van der Waals surface area contributed by atoms with Crippen LogP contribution in [0.1, 0.15) is 43.2 Å². The molecule has 0 atom stereocenters. The first-order valence-corrected chi connectivity index (χ1v) is 11.9. The molecule has 1 aromatic heterocycles. The summed E-state index contributed by atoms with van der Waals surface area (Å²) in [7, 11) is 0. The highest BCUT2D eigenvalue weighted by Gasteiger charge is 2.20. The minimum Gasteiger partial charge on any atom is -0.460 e. The molecule has 0 bridgehead atoms. The second-order valence-electron chi connectivity index (χ2n) is 9.03. The highest BCUT2D eigenvalue weighted by Crippen LogP contribution is 2.32. The summed E-state index contributed by atoms with van der Waals surface area (Å²) in [6.45, 7) is 2.45. The van der Waals surface area contributed by atoms with Crippen molar-refractivity contribution in [3.63, 3.8) is 0 Å². The van der Waals surface area contributed by atoms with Crippen molar-refractivity contribution in [2.45, 2.75) is 19.9 Å². The first-order chi connectivity index (χ1) is 17.9. The number of halogens is 1. The molecule has 5 nitrogen and oxygen atoms in total. The van der Waals surface area contributed by atoms with Gasteiger partial charge in [-0.3, -0.25) is 9.59 Å². The van der Waals surface area contributed by atoms with Crippen LogP contribution in [0.2, 0.25) is 0 Å². The van der Waals surface area contributed by atoms with Crippen LogP contribution in [0.15, 0.2) is 95.4 Å². The molecule has 6 heteroatoms. The van der Waals surface area contributed by atoms with Gasteiger partial charge >= 0.3 is 0 Å². The molecule has 0 fully saturated rings. The monoisotopic (exact) mass is 492 g/mol. The van der Waals surface area contributed by atoms with E-state index in [1.807, 2.05) is 61.5 Å². The summed E-state index contributed by atoms with van der Waals surface area (Å²) in [6.07, 6.45) is 0.305.